The van der Waals surface area contributed by atoms with Crippen molar-refractivity contribution in [2.24, 2.45) is 0 Å². The third-order valence-electron chi connectivity index (χ3n) is 2.65. The molecule has 0 aliphatic rings. The summed E-state index contributed by atoms with van der Waals surface area (Å²) in [6.45, 7) is 7.20. The van der Waals surface area contributed by atoms with Crippen molar-refractivity contribution in [3.63, 3.8) is 0 Å². The quantitative estimate of drug-likeness (QED) is 0.770. The van der Waals surface area contributed by atoms with Gasteiger partial charge in [-0.25, -0.2) is 0 Å². The molecule has 0 radical (unpaired) electrons. The van der Waals surface area contributed by atoms with Gasteiger partial charge in [0.05, 0.1) is 6.54 Å². The maximum Gasteiger partial charge on any atom is 0.220 e. The zero-order chi connectivity index (χ0) is 12.7. The minimum absolute atomic E-state index is 0.0937. The Kier molecular flexibility index (Phi) is 5.53. The van der Waals surface area contributed by atoms with Gasteiger partial charge in [0.2, 0.25) is 5.91 Å². The zero-order valence-corrected chi connectivity index (χ0v) is 10.9. The molecule has 0 heterocycles. The fraction of sp³-hybridized carbons (Fsp3) is 0.500. The Morgan fingerprint density at radius 1 is 1.29 bits per heavy atom. The predicted octanol–water partition coefficient (Wildman–Crippen LogP) is 2.60. The summed E-state index contributed by atoms with van der Waals surface area (Å²) in [5.74, 6) is 0.953. The van der Waals surface area contributed by atoms with Crippen LogP contribution in [0.4, 0.5) is 0 Å². The standard InChI is InChI=1S/C14H21NO2/c1-4-5-14(16)15-8-9-17-13-7-6-11(2)12(3)10-13/h6-7,10H,4-5,8-9H2,1-3H3,(H,15,16). The number of amides is 1. The number of carbonyl (C=O) groups is 1. The van der Waals surface area contributed by atoms with E-state index in [1.807, 2.05) is 25.1 Å². The molecule has 1 rings (SSSR count). The average Bonchev–Trinajstić information content (AvgIpc) is 2.29. The van der Waals surface area contributed by atoms with Crippen LogP contribution in [0.3, 0.4) is 0 Å². The van der Waals surface area contributed by atoms with Crippen LogP contribution in [-0.4, -0.2) is 19.1 Å². The number of benzene rings is 1. The highest BCUT2D eigenvalue weighted by Gasteiger charge is 1.99. The molecule has 1 aromatic carbocycles. The van der Waals surface area contributed by atoms with Crippen molar-refractivity contribution in [3.8, 4) is 5.75 Å². The van der Waals surface area contributed by atoms with Gasteiger partial charge in [-0.05, 0) is 43.5 Å². The van der Waals surface area contributed by atoms with E-state index < -0.39 is 0 Å². The monoisotopic (exact) mass is 235 g/mol. The van der Waals surface area contributed by atoms with Gasteiger partial charge in [0, 0.05) is 6.42 Å². The van der Waals surface area contributed by atoms with E-state index in [-0.39, 0.29) is 5.91 Å². The molecule has 0 saturated heterocycles. The molecule has 3 heteroatoms. The van der Waals surface area contributed by atoms with E-state index in [9.17, 15) is 4.79 Å². The molecule has 0 aromatic heterocycles. The van der Waals surface area contributed by atoms with Crippen LogP contribution in [0.15, 0.2) is 18.2 Å². The third kappa shape index (κ3) is 4.89. The lowest BCUT2D eigenvalue weighted by molar-refractivity contribution is -0.121. The van der Waals surface area contributed by atoms with Gasteiger partial charge in [-0.2, -0.15) is 0 Å². The molecule has 0 fully saturated rings. The van der Waals surface area contributed by atoms with Gasteiger partial charge in [0.15, 0.2) is 0 Å². The van der Waals surface area contributed by atoms with E-state index in [4.69, 9.17) is 4.74 Å². The number of nitrogens with one attached hydrogen (secondary N) is 1. The lowest BCUT2D eigenvalue weighted by Gasteiger charge is -2.09. The van der Waals surface area contributed by atoms with E-state index in [1.54, 1.807) is 0 Å². The molecule has 0 unspecified atom stereocenters. The van der Waals surface area contributed by atoms with Crippen LogP contribution in [0.25, 0.3) is 0 Å². The molecule has 0 aliphatic carbocycles. The molecular formula is C14H21NO2. The molecule has 0 spiro atoms. The van der Waals surface area contributed by atoms with E-state index in [0.717, 1.165) is 12.2 Å². The van der Waals surface area contributed by atoms with E-state index in [1.165, 1.54) is 11.1 Å². The van der Waals surface area contributed by atoms with Crippen LogP contribution < -0.4 is 10.1 Å². The van der Waals surface area contributed by atoms with Gasteiger partial charge < -0.3 is 10.1 Å². The highest BCUT2D eigenvalue weighted by Crippen LogP contribution is 2.15. The molecule has 3 nitrogen and oxygen atoms in total. The normalized spacial score (nSPS) is 10.1. The summed E-state index contributed by atoms with van der Waals surface area (Å²) in [6.07, 6.45) is 1.47. The van der Waals surface area contributed by atoms with Crippen LogP contribution in [-0.2, 0) is 4.79 Å². The Balaban J connectivity index is 2.26. The summed E-state index contributed by atoms with van der Waals surface area (Å²) in [4.78, 5) is 11.2. The van der Waals surface area contributed by atoms with Gasteiger partial charge in [-0.15, -0.1) is 0 Å². The first-order valence-corrected chi connectivity index (χ1v) is 6.10. The Hall–Kier alpha value is -1.51. The number of aryl methyl sites for hydroxylation is 2. The smallest absolute Gasteiger partial charge is 0.220 e. The first-order valence-electron chi connectivity index (χ1n) is 6.10. The SMILES string of the molecule is CCCC(=O)NCCOc1ccc(C)c(C)c1. The number of hydrogen-bond acceptors (Lipinski definition) is 2. The largest absolute Gasteiger partial charge is 0.492 e. The van der Waals surface area contributed by atoms with Crippen LogP contribution in [0, 0.1) is 13.8 Å². The van der Waals surface area contributed by atoms with Gasteiger partial charge in [0.25, 0.3) is 0 Å². The van der Waals surface area contributed by atoms with E-state index in [0.29, 0.717) is 19.6 Å². The molecule has 1 aromatic rings. The highest BCUT2D eigenvalue weighted by molar-refractivity contribution is 5.75. The second-order valence-corrected chi connectivity index (χ2v) is 4.19. The number of rotatable bonds is 6. The second-order valence-electron chi connectivity index (χ2n) is 4.19. The molecule has 0 atom stereocenters. The van der Waals surface area contributed by atoms with Crippen molar-refractivity contribution in [1.82, 2.24) is 5.32 Å². The fourth-order valence-electron chi connectivity index (χ4n) is 1.48. The number of hydrogen-bond donors (Lipinski definition) is 1. The summed E-state index contributed by atoms with van der Waals surface area (Å²) >= 11 is 0. The molecule has 0 bridgehead atoms. The molecular weight excluding hydrogens is 214 g/mol. The zero-order valence-electron chi connectivity index (χ0n) is 10.9. The number of carbonyl (C=O) groups excluding carboxylic acids is 1. The highest BCUT2D eigenvalue weighted by atomic mass is 16.5. The minimum Gasteiger partial charge on any atom is -0.492 e. The van der Waals surface area contributed by atoms with Crippen molar-refractivity contribution in [1.29, 1.82) is 0 Å². The Morgan fingerprint density at radius 2 is 2.06 bits per heavy atom. The predicted molar refractivity (Wildman–Crippen MR) is 69.3 cm³/mol. The molecule has 1 N–H and O–H groups in total. The topological polar surface area (TPSA) is 38.3 Å². The van der Waals surface area contributed by atoms with E-state index >= 15 is 0 Å². The third-order valence-corrected chi connectivity index (χ3v) is 2.65. The van der Waals surface area contributed by atoms with Crippen molar-refractivity contribution in [2.75, 3.05) is 13.2 Å². The summed E-state index contributed by atoms with van der Waals surface area (Å²) in [7, 11) is 0. The van der Waals surface area contributed by atoms with Crippen molar-refractivity contribution >= 4 is 5.91 Å². The first kappa shape index (κ1) is 13.6. The van der Waals surface area contributed by atoms with Crippen molar-refractivity contribution in [2.45, 2.75) is 33.6 Å². The number of ether oxygens (including phenoxy) is 1. The van der Waals surface area contributed by atoms with Gasteiger partial charge in [-0.1, -0.05) is 13.0 Å². The van der Waals surface area contributed by atoms with Crippen LogP contribution in [0.5, 0.6) is 5.75 Å². The van der Waals surface area contributed by atoms with E-state index in [2.05, 4.69) is 19.2 Å². The Labute approximate surface area is 103 Å². The summed E-state index contributed by atoms with van der Waals surface area (Å²) in [5, 5.41) is 2.82. The van der Waals surface area contributed by atoms with Crippen LogP contribution >= 0.6 is 0 Å². The maximum absolute atomic E-state index is 11.2. The van der Waals surface area contributed by atoms with Gasteiger partial charge in [0.1, 0.15) is 12.4 Å². The first-order chi connectivity index (χ1) is 8.13. The van der Waals surface area contributed by atoms with Crippen LogP contribution in [0.2, 0.25) is 0 Å². The average molecular weight is 235 g/mol. The van der Waals surface area contributed by atoms with Crippen molar-refractivity contribution in [3.05, 3.63) is 29.3 Å². The van der Waals surface area contributed by atoms with Crippen LogP contribution in [0.1, 0.15) is 30.9 Å². The minimum atomic E-state index is 0.0937. The second kappa shape index (κ2) is 6.94. The lowest BCUT2D eigenvalue weighted by Crippen LogP contribution is -2.27. The molecule has 0 aliphatic heterocycles. The summed E-state index contributed by atoms with van der Waals surface area (Å²) in [5.41, 5.74) is 2.48. The van der Waals surface area contributed by atoms with Gasteiger partial charge >= 0.3 is 0 Å². The van der Waals surface area contributed by atoms with Gasteiger partial charge in [-0.3, -0.25) is 4.79 Å². The fourth-order valence-corrected chi connectivity index (χ4v) is 1.48. The Bertz CT molecular complexity index is 374. The molecule has 0 saturated carbocycles. The maximum atomic E-state index is 11.2. The summed E-state index contributed by atoms with van der Waals surface area (Å²) in [6, 6.07) is 6.01. The summed E-state index contributed by atoms with van der Waals surface area (Å²) < 4.78 is 5.56. The Morgan fingerprint density at radius 3 is 2.71 bits per heavy atom. The molecule has 94 valence electrons. The van der Waals surface area contributed by atoms with Crippen molar-refractivity contribution < 1.29 is 9.53 Å². The molecule has 1 amide bonds. The molecule has 17 heavy (non-hydrogen) atoms. The lowest BCUT2D eigenvalue weighted by atomic mass is 10.1.